The fourth-order valence-corrected chi connectivity index (χ4v) is 4.74. The maximum Gasteiger partial charge on any atom is 0.256 e. The highest BCUT2D eigenvalue weighted by molar-refractivity contribution is 7.16. The molecule has 2 heterocycles. The Balaban J connectivity index is 1.67. The average molecular weight is 344 g/mol. The normalized spacial score (nSPS) is 19.0. The first-order valence-electron chi connectivity index (χ1n) is 8.35. The number of fused-ring (bicyclic) bond motifs is 3. The number of phenols is 1. The number of phenolic OH excluding ortho intramolecular Hbond substituents is 1. The lowest BCUT2D eigenvalue weighted by atomic mass is 9.94. The predicted molar refractivity (Wildman–Crippen MR) is 94.1 cm³/mol. The smallest absolute Gasteiger partial charge is 0.256 e. The highest BCUT2D eigenvalue weighted by Crippen LogP contribution is 2.42. The van der Waals surface area contributed by atoms with Crippen LogP contribution in [-0.4, -0.2) is 17.6 Å². The summed E-state index contributed by atoms with van der Waals surface area (Å²) in [5, 5.41) is 17.3. The summed E-state index contributed by atoms with van der Waals surface area (Å²) in [4.78, 5) is 14.0. The highest BCUT2D eigenvalue weighted by Gasteiger charge is 2.32. The van der Waals surface area contributed by atoms with Gasteiger partial charge in [-0.3, -0.25) is 4.79 Å². The molecular formula is C18H20N2O3S. The van der Waals surface area contributed by atoms with Gasteiger partial charge in [-0.25, -0.2) is 0 Å². The van der Waals surface area contributed by atoms with Gasteiger partial charge in [-0.1, -0.05) is 6.07 Å². The molecular weight excluding hydrogens is 324 g/mol. The zero-order chi connectivity index (χ0) is 16.7. The van der Waals surface area contributed by atoms with Crippen LogP contribution in [0, 0.1) is 0 Å². The molecule has 1 aliphatic carbocycles. The van der Waals surface area contributed by atoms with Gasteiger partial charge in [0.15, 0.2) is 11.5 Å². The summed E-state index contributed by atoms with van der Waals surface area (Å²) in [6.45, 7) is 2.35. The molecule has 1 amide bonds. The van der Waals surface area contributed by atoms with E-state index in [0.717, 1.165) is 35.4 Å². The largest absolute Gasteiger partial charge is 0.504 e. The van der Waals surface area contributed by atoms with Crippen LogP contribution < -0.4 is 15.4 Å². The first-order chi connectivity index (χ1) is 11.7. The van der Waals surface area contributed by atoms with Crippen molar-refractivity contribution in [3.05, 3.63) is 39.8 Å². The van der Waals surface area contributed by atoms with Crippen molar-refractivity contribution in [2.45, 2.75) is 38.8 Å². The molecule has 1 unspecified atom stereocenters. The minimum atomic E-state index is -0.315. The van der Waals surface area contributed by atoms with Gasteiger partial charge in [0.2, 0.25) is 0 Å². The topological polar surface area (TPSA) is 70.6 Å². The monoisotopic (exact) mass is 344 g/mol. The predicted octanol–water partition coefficient (Wildman–Crippen LogP) is 3.59. The number of nitrogens with one attached hydrogen (secondary N) is 2. The van der Waals surface area contributed by atoms with Crippen LogP contribution in [0.15, 0.2) is 18.2 Å². The number of rotatable bonds is 3. The molecule has 0 saturated heterocycles. The van der Waals surface area contributed by atoms with Gasteiger partial charge in [-0.2, -0.15) is 0 Å². The van der Waals surface area contributed by atoms with E-state index in [2.05, 4.69) is 10.6 Å². The minimum Gasteiger partial charge on any atom is -0.504 e. The third-order valence-corrected chi connectivity index (χ3v) is 5.79. The molecule has 1 atom stereocenters. The SMILES string of the molecule is CCOc1cc(C2NC(=O)c3c(sc4c3CCCC4)N2)ccc1O. The van der Waals surface area contributed by atoms with Crippen LogP contribution >= 0.6 is 11.3 Å². The molecule has 0 bridgehead atoms. The second kappa shape index (κ2) is 6.02. The number of thiophene rings is 1. The number of anilines is 1. The van der Waals surface area contributed by atoms with E-state index in [4.69, 9.17) is 4.74 Å². The molecule has 3 N–H and O–H groups in total. The maximum atomic E-state index is 12.7. The zero-order valence-electron chi connectivity index (χ0n) is 13.5. The van der Waals surface area contributed by atoms with E-state index in [9.17, 15) is 9.90 Å². The lowest BCUT2D eigenvalue weighted by Crippen LogP contribution is -2.38. The molecule has 0 fully saturated rings. The zero-order valence-corrected chi connectivity index (χ0v) is 14.3. The molecule has 1 aromatic heterocycles. The molecule has 5 nitrogen and oxygen atoms in total. The molecule has 1 aromatic carbocycles. The third-order valence-electron chi connectivity index (χ3n) is 4.57. The van der Waals surface area contributed by atoms with Gasteiger partial charge >= 0.3 is 0 Å². The molecule has 1 aliphatic heterocycles. The van der Waals surface area contributed by atoms with Crippen LogP contribution in [0.3, 0.4) is 0 Å². The summed E-state index contributed by atoms with van der Waals surface area (Å²) in [6, 6.07) is 5.17. The number of carbonyl (C=O) groups is 1. The Morgan fingerprint density at radius 1 is 1.29 bits per heavy atom. The fourth-order valence-electron chi connectivity index (χ4n) is 3.43. The lowest BCUT2D eigenvalue weighted by molar-refractivity contribution is 0.0935. The van der Waals surface area contributed by atoms with E-state index >= 15 is 0 Å². The van der Waals surface area contributed by atoms with Gasteiger partial charge in [0.05, 0.1) is 12.2 Å². The van der Waals surface area contributed by atoms with Crippen LogP contribution in [0.25, 0.3) is 0 Å². The number of carbonyl (C=O) groups excluding carboxylic acids is 1. The van der Waals surface area contributed by atoms with E-state index in [0.29, 0.717) is 12.4 Å². The quantitative estimate of drug-likeness (QED) is 0.796. The number of aromatic hydroxyl groups is 1. The maximum absolute atomic E-state index is 12.7. The van der Waals surface area contributed by atoms with Crippen LogP contribution in [-0.2, 0) is 12.8 Å². The Morgan fingerprint density at radius 3 is 2.96 bits per heavy atom. The van der Waals surface area contributed by atoms with E-state index < -0.39 is 0 Å². The standard InChI is InChI=1S/C18H20N2O3S/c1-2-23-13-9-10(7-8-12(13)21)16-19-17(22)15-11-5-3-4-6-14(11)24-18(15)20-16/h7-9,16,20-21H,2-6H2,1H3,(H,19,22). The van der Waals surface area contributed by atoms with Crippen molar-refractivity contribution in [1.82, 2.24) is 5.32 Å². The Hall–Kier alpha value is -2.21. The van der Waals surface area contributed by atoms with E-state index in [1.807, 2.05) is 6.92 Å². The second-order valence-corrected chi connectivity index (χ2v) is 7.23. The van der Waals surface area contributed by atoms with Crippen LogP contribution in [0.2, 0.25) is 0 Å². The minimum absolute atomic E-state index is 0.0146. The molecule has 126 valence electrons. The molecule has 0 radical (unpaired) electrons. The summed E-state index contributed by atoms with van der Waals surface area (Å²) in [5.41, 5.74) is 2.92. The van der Waals surface area contributed by atoms with Gasteiger partial charge < -0.3 is 20.5 Å². The third kappa shape index (κ3) is 2.51. The summed E-state index contributed by atoms with van der Waals surface area (Å²) < 4.78 is 5.44. The molecule has 4 rings (SSSR count). The fraction of sp³-hybridized carbons (Fsp3) is 0.389. The number of hydrogen-bond donors (Lipinski definition) is 3. The van der Waals surface area contributed by atoms with E-state index in [1.165, 1.54) is 16.9 Å². The van der Waals surface area contributed by atoms with Crippen LogP contribution in [0.4, 0.5) is 5.00 Å². The Bertz CT molecular complexity index is 800. The summed E-state index contributed by atoms with van der Waals surface area (Å²) in [7, 11) is 0. The molecule has 24 heavy (non-hydrogen) atoms. The first kappa shape index (κ1) is 15.3. The van der Waals surface area contributed by atoms with Crippen LogP contribution in [0.5, 0.6) is 11.5 Å². The Labute approximate surface area is 144 Å². The van der Waals surface area contributed by atoms with Crippen molar-refractivity contribution in [3.8, 4) is 11.5 Å². The van der Waals surface area contributed by atoms with Gasteiger partial charge in [-0.15, -0.1) is 11.3 Å². The number of ether oxygens (including phenoxy) is 1. The number of hydrogen-bond acceptors (Lipinski definition) is 5. The van der Waals surface area contributed by atoms with Gasteiger partial charge in [0, 0.05) is 4.88 Å². The van der Waals surface area contributed by atoms with Crippen LogP contribution in [0.1, 0.15) is 52.3 Å². The highest BCUT2D eigenvalue weighted by atomic mass is 32.1. The second-order valence-electron chi connectivity index (χ2n) is 6.13. The van der Waals surface area contributed by atoms with Crippen molar-refractivity contribution < 1.29 is 14.6 Å². The van der Waals surface area contributed by atoms with Crippen molar-refractivity contribution >= 4 is 22.2 Å². The van der Waals surface area contributed by atoms with Crippen molar-refractivity contribution in [1.29, 1.82) is 0 Å². The van der Waals surface area contributed by atoms with Crippen molar-refractivity contribution in [2.24, 2.45) is 0 Å². The Morgan fingerprint density at radius 2 is 2.12 bits per heavy atom. The Kier molecular flexibility index (Phi) is 3.84. The first-order valence-corrected chi connectivity index (χ1v) is 9.16. The number of benzene rings is 1. The summed E-state index contributed by atoms with van der Waals surface area (Å²) in [6.07, 6.45) is 4.11. The molecule has 6 heteroatoms. The van der Waals surface area contributed by atoms with E-state index in [1.54, 1.807) is 29.5 Å². The molecule has 0 saturated carbocycles. The van der Waals surface area contributed by atoms with E-state index in [-0.39, 0.29) is 17.8 Å². The summed E-state index contributed by atoms with van der Waals surface area (Å²) >= 11 is 1.70. The molecule has 0 spiro atoms. The van der Waals surface area contributed by atoms with Crippen molar-refractivity contribution in [2.75, 3.05) is 11.9 Å². The summed E-state index contributed by atoms with van der Waals surface area (Å²) in [5.74, 6) is 0.525. The average Bonchev–Trinajstić information content (AvgIpc) is 2.96. The lowest BCUT2D eigenvalue weighted by Gasteiger charge is -2.27. The van der Waals surface area contributed by atoms with Gasteiger partial charge in [-0.05, 0) is 55.9 Å². The van der Waals surface area contributed by atoms with Gasteiger partial charge in [0.25, 0.3) is 5.91 Å². The molecule has 2 aliphatic rings. The van der Waals surface area contributed by atoms with Crippen molar-refractivity contribution in [3.63, 3.8) is 0 Å². The number of aryl methyl sites for hydroxylation is 1. The number of amides is 1. The van der Waals surface area contributed by atoms with Gasteiger partial charge in [0.1, 0.15) is 11.2 Å². The molecule has 2 aromatic rings.